The van der Waals surface area contributed by atoms with Crippen LogP contribution in [0.1, 0.15) is 46.4 Å². The number of nitrogen functional groups attached to an aromatic ring is 1. The fraction of sp³-hybridized carbons (Fsp3) is 0.400. The first-order valence-corrected chi connectivity index (χ1v) is 8.97. The van der Waals surface area contributed by atoms with E-state index in [2.05, 4.69) is 11.9 Å². The number of amides is 2. The minimum absolute atomic E-state index is 0. The van der Waals surface area contributed by atoms with Gasteiger partial charge in [0.25, 0.3) is 11.8 Å². The number of nitrogens with zero attached hydrogens (tertiary/aromatic N) is 2. The summed E-state index contributed by atoms with van der Waals surface area (Å²) in [5.74, 6) is -0.328. The lowest BCUT2D eigenvalue weighted by molar-refractivity contribution is 0.0397. The Kier molecular flexibility index (Phi) is 3.97. The second-order valence-corrected chi connectivity index (χ2v) is 7.59. The van der Waals surface area contributed by atoms with Gasteiger partial charge in [0.2, 0.25) is 0 Å². The van der Waals surface area contributed by atoms with E-state index in [-0.39, 0.29) is 30.3 Å². The monoisotopic (exact) mass is 371 g/mol. The van der Waals surface area contributed by atoms with Crippen molar-refractivity contribution in [3.8, 4) is 0 Å². The molecule has 2 unspecified atom stereocenters. The van der Waals surface area contributed by atoms with Crippen LogP contribution in [0.5, 0.6) is 0 Å². The summed E-state index contributed by atoms with van der Waals surface area (Å²) in [7, 11) is 2.16. The average molecular weight is 372 g/mol. The Hall–Kier alpha value is -2.11. The van der Waals surface area contributed by atoms with Crippen molar-refractivity contribution in [2.75, 3.05) is 12.8 Å². The average Bonchev–Trinajstić information content (AvgIpc) is 2.82. The van der Waals surface area contributed by atoms with Gasteiger partial charge in [0.15, 0.2) is 0 Å². The molecule has 0 aromatic heterocycles. The molecule has 3 aliphatic rings. The second kappa shape index (κ2) is 5.96. The first-order chi connectivity index (χ1) is 12.1. The van der Waals surface area contributed by atoms with Crippen LogP contribution in [-0.2, 0) is 0 Å². The van der Waals surface area contributed by atoms with Crippen LogP contribution in [0.2, 0.25) is 0 Å². The summed E-state index contributed by atoms with van der Waals surface area (Å²) in [5, 5.41) is 1.50. The molecule has 0 saturated carbocycles. The minimum atomic E-state index is -0.164. The van der Waals surface area contributed by atoms with Crippen molar-refractivity contribution in [2.24, 2.45) is 0 Å². The maximum absolute atomic E-state index is 13.2. The Labute approximate surface area is 158 Å². The topological polar surface area (TPSA) is 66.6 Å². The summed E-state index contributed by atoms with van der Waals surface area (Å²) in [6, 6.07) is 10.0. The molecule has 2 aromatic carbocycles. The zero-order valence-electron chi connectivity index (χ0n) is 14.6. The van der Waals surface area contributed by atoms with Gasteiger partial charge in [-0.2, -0.15) is 0 Å². The zero-order chi connectivity index (χ0) is 17.3. The molecule has 5 rings (SSSR count). The molecule has 2 saturated heterocycles. The number of carbonyl (C=O) groups is 2. The number of halogens is 1. The van der Waals surface area contributed by atoms with Crippen molar-refractivity contribution in [1.82, 2.24) is 9.80 Å². The van der Waals surface area contributed by atoms with E-state index in [1.165, 1.54) is 4.90 Å². The van der Waals surface area contributed by atoms with Gasteiger partial charge in [-0.25, -0.2) is 0 Å². The van der Waals surface area contributed by atoms with Crippen LogP contribution in [0.3, 0.4) is 0 Å². The summed E-state index contributed by atoms with van der Waals surface area (Å²) in [6.07, 6.45) is 4.09. The minimum Gasteiger partial charge on any atom is -0.398 e. The molecule has 2 fully saturated rings. The molecule has 5 nitrogen and oxygen atoms in total. The summed E-state index contributed by atoms with van der Waals surface area (Å²) < 4.78 is 0. The SMILES string of the molecule is CN1C2CCC1CC(N1C(=O)c3cccc4c(N)ccc(c34)C1=O)C2.Cl. The van der Waals surface area contributed by atoms with Gasteiger partial charge in [-0.1, -0.05) is 12.1 Å². The van der Waals surface area contributed by atoms with E-state index in [0.717, 1.165) is 31.1 Å². The predicted octanol–water partition coefficient (Wildman–Crippen LogP) is 3.07. The molecule has 26 heavy (non-hydrogen) atoms. The van der Waals surface area contributed by atoms with Crippen LogP contribution >= 0.6 is 12.4 Å². The molecule has 0 aliphatic carbocycles. The van der Waals surface area contributed by atoms with Gasteiger partial charge in [-0.15, -0.1) is 12.4 Å². The number of hydrogen-bond acceptors (Lipinski definition) is 4. The van der Waals surface area contributed by atoms with Crippen LogP contribution in [0.4, 0.5) is 5.69 Å². The van der Waals surface area contributed by atoms with Crippen molar-refractivity contribution in [3.05, 3.63) is 41.5 Å². The Balaban J connectivity index is 0.00000168. The highest BCUT2D eigenvalue weighted by atomic mass is 35.5. The maximum atomic E-state index is 13.2. The van der Waals surface area contributed by atoms with Crippen molar-refractivity contribution < 1.29 is 9.59 Å². The number of fused-ring (bicyclic) bond motifs is 2. The molecule has 2 aromatic rings. The number of benzene rings is 2. The van der Waals surface area contributed by atoms with Crippen molar-refractivity contribution >= 4 is 40.7 Å². The second-order valence-electron chi connectivity index (χ2n) is 7.59. The standard InChI is InChI=1S/C20H21N3O2.ClH/c1-22-11-5-6-12(22)10-13(9-11)23-19(24)15-4-2-3-14-17(21)8-7-16(18(14)15)20(23)25;/h2-4,7-8,11-13H,5-6,9-10,21H2,1H3;1H. The van der Waals surface area contributed by atoms with Crippen LogP contribution < -0.4 is 5.73 Å². The third-order valence-electron chi connectivity index (χ3n) is 6.41. The molecule has 2 atom stereocenters. The summed E-state index contributed by atoms with van der Waals surface area (Å²) in [5.41, 5.74) is 7.87. The van der Waals surface area contributed by atoms with Crippen LogP contribution in [0, 0.1) is 0 Å². The number of piperidine rings is 1. The lowest BCUT2D eigenvalue weighted by Gasteiger charge is -2.42. The van der Waals surface area contributed by atoms with Crippen LogP contribution in [0.15, 0.2) is 30.3 Å². The Morgan fingerprint density at radius 2 is 1.54 bits per heavy atom. The molecule has 6 heteroatoms. The van der Waals surface area contributed by atoms with E-state index in [4.69, 9.17) is 5.73 Å². The largest absolute Gasteiger partial charge is 0.398 e. The lowest BCUT2D eigenvalue weighted by Crippen LogP contribution is -2.54. The van der Waals surface area contributed by atoms with E-state index in [9.17, 15) is 9.59 Å². The van der Waals surface area contributed by atoms with E-state index >= 15 is 0 Å². The fourth-order valence-electron chi connectivity index (χ4n) is 5.06. The number of nitrogens with two attached hydrogens (primary N) is 1. The van der Waals surface area contributed by atoms with Crippen LogP contribution in [-0.4, -0.2) is 46.8 Å². The molecule has 0 radical (unpaired) electrons. The normalized spacial score (nSPS) is 27.7. The molecule has 2 amide bonds. The van der Waals surface area contributed by atoms with Gasteiger partial charge in [0.1, 0.15) is 0 Å². The van der Waals surface area contributed by atoms with Crippen molar-refractivity contribution in [1.29, 1.82) is 0 Å². The van der Waals surface area contributed by atoms with E-state index in [0.29, 0.717) is 34.3 Å². The van der Waals surface area contributed by atoms with Gasteiger partial charge in [-0.05, 0) is 50.9 Å². The summed E-state index contributed by atoms with van der Waals surface area (Å²) in [6.45, 7) is 0. The smallest absolute Gasteiger partial charge is 0.261 e. The molecule has 3 aliphatic heterocycles. The Morgan fingerprint density at radius 3 is 2.19 bits per heavy atom. The summed E-state index contributed by atoms with van der Waals surface area (Å²) in [4.78, 5) is 30.3. The number of rotatable bonds is 1. The van der Waals surface area contributed by atoms with Gasteiger partial charge >= 0.3 is 0 Å². The van der Waals surface area contributed by atoms with Gasteiger partial charge in [0.05, 0.1) is 0 Å². The molecular formula is C20H22ClN3O2. The predicted molar refractivity (Wildman–Crippen MR) is 104 cm³/mol. The molecule has 136 valence electrons. The lowest BCUT2D eigenvalue weighted by atomic mass is 9.89. The van der Waals surface area contributed by atoms with Crippen molar-refractivity contribution in [2.45, 2.75) is 43.8 Å². The Bertz CT molecular complexity index is 892. The maximum Gasteiger partial charge on any atom is 0.261 e. The quantitative estimate of drug-likeness (QED) is 0.618. The highest BCUT2D eigenvalue weighted by Crippen LogP contribution is 2.40. The molecule has 3 heterocycles. The van der Waals surface area contributed by atoms with E-state index < -0.39 is 0 Å². The molecule has 2 N–H and O–H groups in total. The first kappa shape index (κ1) is 17.3. The van der Waals surface area contributed by atoms with E-state index in [1.807, 2.05) is 18.2 Å². The fourth-order valence-corrected chi connectivity index (χ4v) is 5.06. The molecule has 0 spiro atoms. The summed E-state index contributed by atoms with van der Waals surface area (Å²) >= 11 is 0. The van der Waals surface area contributed by atoms with E-state index in [1.54, 1.807) is 12.1 Å². The van der Waals surface area contributed by atoms with Gasteiger partial charge in [0, 0.05) is 45.7 Å². The number of anilines is 1. The zero-order valence-corrected chi connectivity index (χ0v) is 15.5. The molecule has 2 bridgehead atoms. The van der Waals surface area contributed by atoms with Gasteiger partial charge < -0.3 is 10.6 Å². The molecular weight excluding hydrogens is 350 g/mol. The number of carbonyl (C=O) groups excluding carboxylic acids is 2. The highest BCUT2D eigenvalue weighted by molar-refractivity contribution is 6.26. The number of imide groups is 1. The van der Waals surface area contributed by atoms with Gasteiger partial charge in [-0.3, -0.25) is 14.5 Å². The Morgan fingerprint density at radius 1 is 0.923 bits per heavy atom. The third kappa shape index (κ3) is 2.20. The first-order valence-electron chi connectivity index (χ1n) is 8.97. The van der Waals surface area contributed by atoms with Crippen molar-refractivity contribution in [3.63, 3.8) is 0 Å². The third-order valence-corrected chi connectivity index (χ3v) is 6.41. The highest BCUT2D eigenvalue weighted by Gasteiger charge is 2.45. The number of hydrogen-bond donors (Lipinski definition) is 1. The van der Waals surface area contributed by atoms with Crippen LogP contribution in [0.25, 0.3) is 10.8 Å².